The zero-order valence-corrected chi connectivity index (χ0v) is 16.0. The van der Waals surface area contributed by atoms with Gasteiger partial charge < -0.3 is 15.4 Å². The number of thioether (sulfide) groups is 1. The monoisotopic (exact) mass is 362 g/mol. The second-order valence-electron chi connectivity index (χ2n) is 6.13. The summed E-state index contributed by atoms with van der Waals surface area (Å²) in [5.41, 5.74) is 2.02. The number of benzene rings is 1. The maximum Gasteiger partial charge on any atom is 0.338 e. The van der Waals surface area contributed by atoms with Crippen molar-refractivity contribution in [3.63, 3.8) is 0 Å². The normalized spacial score (nSPS) is 17.3. The van der Waals surface area contributed by atoms with Crippen LogP contribution in [0.4, 0.5) is 4.79 Å². The molecule has 0 bridgehead atoms. The minimum absolute atomic E-state index is 0.290. The summed E-state index contributed by atoms with van der Waals surface area (Å²) in [4.78, 5) is 25.7. The van der Waals surface area contributed by atoms with Gasteiger partial charge in [-0.15, -0.1) is 11.8 Å². The molecule has 136 valence electrons. The van der Waals surface area contributed by atoms with Gasteiger partial charge in [0.25, 0.3) is 0 Å². The lowest BCUT2D eigenvalue weighted by molar-refractivity contribution is -0.139. The van der Waals surface area contributed by atoms with E-state index >= 15 is 0 Å². The Balaban J connectivity index is 2.39. The number of hydrogen-bond acceptors (Lipinski definition) is 4. The Bertz CT molecular complexity index is 653. The average molecular weight is 362 g/mol. The highest BCUT2D eigenvalue weighted by Gasteiger charge is 2.33. The molecule has 1 aliphatic rings. The molecule has 0 spiro atoms. The number of carbonyl (C=O) groups is 2. The van der Waals surface area contributed by atoms with E-state index in [-0.39, 0.29) is 12.0 Å². The van der Waals surface area contributed by atoms with Crippen LogP contribution in [0.2, 0.25) is 0 Å². The molecule has 5 nitrogen and oxygen atoms in total. The molecule has 2 N–H and O–H groups in total. The largest absolute Gasteiger partial charge is 0.463 e. The van der Waals surface area contributed by atoms with Gasteiger partial charge in [-0.05, 0) is 31.0 Å². The summed E-state index contributed by atoms with van der Waals surface area (Å²) in [6.45, 7) is 8.37. The van der Waals surface area contributed by atoms with Gasteiger partial charge in [0.05, 0.1) is 18.2 Å². The lowest BCUT2D eigenvalue weighted by Crippen LogP contribution is -2.46. The first-order chi connectivity index (χ1) is 12.0. The topological polar surface area (TPSA) is 67.4 Å². The standard InChI is InChI=1S/C19H26N2O3S/c1-5-7-15-16(18(22)24-6-2)17(21-19(23)20-15)13-8-10-14(11-9-13)25-12(3)4/h8-12,17H,5-7H2,1-4H3,(H2,20,21,23). The SMILES string of the molecule is CCCC1=C(C(=O)OCC)C(c2ccc(SC(C)C)cc2)NC(=O)N1. The van der Waals surface area contributed by atoms with Gasteiger partial charge in [0.15, 0.2) is 0 Å². The number of rotatable bonds is 7. The first kappa shape index (κ1) is 19.4. The van der Waals surface area contributed by atoms with Gasteiger partial charge in [-0.25, -0.2) is 9.59 Å². The number of esters is 1. The zero-order valence-electron chi connectivity index (χ0n) is 15.2. The Hall–Kier alpha value is -1.95. The maximum atomic E-state index is 12.5. The highest BCUT2D eigenvalue weighted by atomic mass is 32.2. The Morgan fingerprint density at radius 3 is 2.48 bits per heavy atom. The first-order valence-corrected chi connectivity index (χ1v) is 9.58. The molecule has 1 heterocycles. The molecule has 1 aromatic carbocycles. The van der Waals surface area contributed by atoms with E-state index in [0.717, 1.165) is 16.9 Å². The summed E-state index contributed by atoms with van der Waals surface area (Å²) >= 11 is 1.77. The van der Waals surface area contributed by atoms with Gasteiger partial charge in [-0.3, -0.25) is 0 Å². The number of urea groups is 1. The van der Waals surface area contributed by atoms with Crippen molar-refractivity contribution in [2.75, 3.05) is 6.61 Å². The fourth-order valence-electron chi connectivity index (χ4n) is 2.78. The maximum absolute atomic E-state index is 12.5. The molecule has 1 atom stereocenters. The molecule has 6 heteroatoms. The minimum Gasteiger partial charge on any atom is -0.463 e. The smallest absolute Gasteiger partial charge is 0.338 e. The molecular formula is C19H26N2O3S. The minimum atomic E-state index is -0.493. The number of hydrogen-bond donors (Lipinski definition) is 2. The summed E-state index contributed by atoms with van der Waals surface area (Å²) in [7, 11) is 0. The van der Waals surface area contributed by atoms with Crippen LogP contribution in [-0.2, 0) is 9.53 Å². The molecule has 0 saturated carbocycles. The molecule has 25 heavy (non-hydrogen) atoms. The van der Waals surface area contributed by atoms with Crippen molar-refractivity contribution in [1.29, 1.82) is 0 Å². The van der Waals surface area contributed by atoms with Gasteiger partial charge >= 0.3 is 12.0 Å². The van der Waals surface area contributed by atoms with E-state index in [9.17, 15) is 9.59 Å². The summed E-state index contributed by atoms with van der Waals surface area (Å²) < 4.78 is 5.23. The highest BCUT2D eigenvalue weighted by Crippen LogP contribution is 2.31. The van der Waals surface area contributed by atoms with Crippen molar-refractivity contribution in [1.82, 2.24) is 10.6 Å². The third-order valence-electron chi connectivity index (χ3n) is 3.73. The van der Waals surface area contributed by atoms with Crippen LogP contribution in [0.5, 0.6) is 0 Å². The van der Waals surface area contributed by atoms with Crippen molar-refractivity contribution >= 4 is 23.8 Å². The van der Waals surface area contributed by atoms with Crippen molar-refractivity contribution in [3.05, 3.63) is 41.1 Å². The number of allylic oxidation sites excluding steroid dienone is 1. The zero-order chi connectivity index (χ0) is 18.4. The Kier molecular flexibility index (Phi) is 6.93. The van der Waals surface area contributed by atoms with E-state index in [2.05, 4.69) is 24.5 Å². The van der Waals surface area contributed by atoms with Crippen molar-refractivity contribution < 1.29 is 14.3 Å². The lowest BCUT2D eigenvalue weighted by Gasteiger charge is -2.29. The van der Waals surface area contributed by atoms with Gasteiger partial charge in [-0.2, -0.15) is 0 Å². The molecule has 2 rings (SSSR count). The second kappa shape index (κ2) is 8.94. The third-order valence-corrected chi connectivity index (χ3v) is 4.75. The third kappa shape index (κ3) is 5.01. The van der Waals surface area contributed by atoms with Gasteiger partial charge in [0, 0.05) is 15.8 Å². The molecule has 1 unspecified atom stereocenters. The van der Waals surface area contributed by atoms with Crippen LogP contribution in [-0.4, -0.2) is 23.9 Å². The van der Waals surface area contributed by atoms with E-state index in [4.69, 9.17) is 4.74 Å². The number of nitrogens with one attached hydrogen (secondary N) is 2. The molecule has 0 radical (unpaired) electrons. The van der Waals surface area contributed by atoms with Crippen LogP contribution in [0.3, 0.4) is 0 Å². The molecule has 0 fully saturated rings. The molecular weight excluding hydrogens is 336 g/mol. The van der Waals surface area contributed by atoms with E-state index in [1.54, 1.807) is 18.7 Å². The van der Waals surface area contributed by atoms with Crippen molar-refractivity contribution in [3.8, 4) is 0 Å². The van der Waals surface area contributed by atoms with Crippen LogP contribution < -0.4 is 10.6 Å². The summed E-state index contributed by atoms with van der Waals surface area (Å²) in [6, 6.07) is 7.19. The van der Waals surface area contributed by atoms with Gasteiger partial charge in [-0.1, -0.05) is 39.3 Å². The Morgan fingerprint density at radius 2 is 1.92 bits per heavy atom. The van der Waals surface area contributed by atoms with Gasteiger partial charge in [0.1, 0.15) is 0 Å². The van der Waals surface area contributed by atoms with E-state index in [1.807, 2.05) is 31.2 Å². The number of amides is 2. The molecule has 1 aliphatic heterocycles. The summed E-state index contributed by atoms with van der Waals surface area (Å²) in [6.07, 6.45) is 1.45. The molecule has 2 amide bonds. The molecule has 0 aromatic heterocycles. The van der Waals surface area contributed by atoms with E-state index < -0.39 is 6.04 Å². The predicted molar refractivity (Wildman–Crippen MR) is 100 cm³/mol. The Labute approximate surface area is 153 Å². The van der Waals surface area contributed by atoms with Gasteiger partial charge in [0.2, 0.25) is 0 Å². The van der Waals surface area contributed by atoms with Crippen LogP contribution in [0, 0.1) is 0 Å². The molecule has 1 aromatic rings. The molecule has 0 aliphatic carbocycles. The number of carbonyl (C=O) groups excluding carboxylic acids is 2. The predicted octanol–water partition coefficient (Wildman–Crippen LogP) is 4.16. The first-order valence-electron chi connectivity index (χ1n) is 8.70. The highest BCUT2D eigenvalue weighted by molar-refractivity contribution is 7.99. The second-order valence-corrected chi connectivity index (χ2v) is 7.78. The lowest BCUT2D eigenvalue weighted by atomic mass is 9.94. The van der Waals surface area contributed by atoms with Crippen molar-refractivity contribution in [2.24, 2.45) is 0 Å². The van der Waals surface area contributed by atoms with Crippen LogP contribution in [0.25, 0.3) is 0 Å². The summed E-state index contributed by atoms with van der Waals surface area (Å²) in [5, 5.41) is 6.12. The van der Waals surface area contributed by atoms with E-state index in [1.165, 1.54) is 0 Å². The fourth-order valence-corrected chi connectivity index (χ4v) is 3.61. The van der Waals surface area contributed by atoms with Crippen LogP contribution >= 0.6 is 11.8 Å². The Morgan fingerprint density at radius 1 is 1.24 bits per heavy atom. The number of ether oxygens (including phenoxy) is 1. The van der Waals surface area contributed by atoms with Crippen molar-refractivity contribution in [2.45, 2.75) is 56.7 Å². The quantitative estimate of drug-likeness (QED) is 0.565. The fraction of sp³-hybridized carbons (Fsp3) is 0.474. The van der Waals surface area contributed by atoms with E-state index in [0.29, 0.717) is 29.5 Å². The molecule has 0 saturated heterocycles. The average Bonchev–Trinajstić information content (AvgIpc) is 2.55. The van der Waals surface area contributed by atoms with Crippen LogP contribution in [0.15, 0.2) is 40.4 Å². The summed E-state index contributed by atoms with van der Waals surface area (Å²) in [5.74, 6) is -0.385. The van der Waals surface area contributed by atoms with Crippen LogP contribution in [0.1, 0.15) is 52.1 Å².